The Morgan fingerprint density at radius 2 is 2.03 bits per heavy atom. The van der Waals surface area contributed by atoms with Gasteiger partial charge in [0.1, 0.15) is 17.6 Å². The molecule has 1 aromatic heterocycles. The Morgan fingerprint density at radius 3 is 2.62 bits per heavy atom. The maximum absolute atomic E-state index is 15.0. The minimum absolute atomic E-state index is 0.0365. The summed E-state index contributed by atoms with van der Waals surface area (Å²) in [5, 5.41) is 9.40. The Morgan fingerprint density at radius 1 is 1.31 bits per heavy atom. The number of benzene rings is 1. The Kier molecular flexibility index (Phi) is 6.97. The maximum Gasteiger partial charge on any atom is 0.410 e. The van der Waals surface area contributed by atoms with Gasteiger partial charge in [-0.05, 0) is 57.9 Å². The van der Waals surface area contributed by atoms with E-state index in [4.69, 9.17) is 4.74 Å². The number of nitrogens with zero attached hydrogens (tertiary/aromatic N) is 3. The van der Waals surface area contributed by atoms with Crippen LogP contribution < -0.4 is 0 Å². The molecule has 1 aliphatic heterocycles. The molecule has 2 heterocycles. The van der Waals surface area contributed by atoms with Crippen molar-refractivity contribution in [2.75, 3.05) is 19.7 Å². The largest absolute Gasteiger partial charge is 0.444 e. The third-order valence-electron chi connectivity index (χ3n) is 5.32. The molecule has 1 saturated heterocycles. The van der Waals surface area contributed by atoms with Crippen LogP contribution in [0.5, 0.6) is 0 Å². The first kappa shape index (κ1) is 23.8. The first-order valence-electron chi connectivity index (χ1n) is 10.6. The molecule has 0 aliphatic carbocycles. The standard InChI is InChI=1S/C23H29F2N3O4/c1-14-11-15(5-6-17(14)24)19-13-27(9-10-29)21(26-19)20(30)16-7-8-28(12-18(16)25)22(31)32-23(2,3)4/h5-6,11,13,16,18,29H,7-10,12H2,1-4H3/t16-,18+/m0/s1. The number of piperidine rings is 1. The summed E-state index contributed by atoms with van der Waals surface area (Å²) >= 11 is 0. The lowest BCUT2D eigenvalue weighted by molar-refractivity contribution is 0.00598. The molecule has 174 valence electrons. The SMILES string of the molecule is Cc1cc(-c2cn(CCO)c(C(=O)[C@H]3CCN(C(=O)OC(C)(C)C)C[C@H]3F)n2)ccc1F. The normalized spacial score (nSPS) is 19.2. The predicted octanol–water partition coefficient (Wildman–Crippen LogP) is 3.77. The van der Waals surface area contributed by atoms with Gasteiger partial charge in [0, 0.05) is 24.8 Å². The van der Waals surface area contributed by atoms with E-state index in [0.717, 1.165) is 0 Å². The molecule has 9 heteroatoms. The number of Topliss-reactive ketones (excluding diaryl/α,β-unsaturated/α-hetero) is 1. The van der Waals surface area contributed by atoms with E-state index in [1.807, 2.05) is 0 Å². The Labute approximate surface area is 186 Å². The minimum atomic E-state index is -1.57. The summed E-state index contributed by atoms with van der Waals surface area (Å²) < 4.78 is 35.4. The summed E-state index contributed by atoms with van der Waals surface area (Å²) in [4.78, 5) is 31.1. The average molecular weight is 449 g/mol. The van der Waals surface area contributed by atoms with Crippen molar-refractivity contribution < 1.29 is 28.2 Å². The fraction of sp³-hybridized carbons (Fsp3) is 0.522. The van der Waals surface area contributed by atoms with Crippen molar-refractivity contribution in [2.45, 2.75) is 52.4 Å². The maximum atomic E-state index is 15.0. The van der Waals surface area contributed by atoms with Gasteiger partial charge >= 0.3 is 6.09 Å². The lowest BCUT2D eigenvalue weighted by Gasteiger charge is -2.34. The van der Waals surface area contributed by atoms with E-state index in [1.54, 1.807) is 46.0 Å². The van der Waals surface area contributed by atoms with Crippen LogP contribution in [0.15, 0.2) is 24.4 Å². The highest BCUT2D eigenvalue weighted by molar-refractivity contribution is 5.96. The third kappa shape index (κ3) is 5.32. The molecule has 2 atom stereocenters. The molecule has 1 aliphatic rings. The van der Waals surface area contributed by atoms with E-state index in [2.05, 4.69) is 4.98 Å². The predicted molar refractivity (Wildman–Crippen MR) is 115 cm³/mol. The van der Waals surface area contributed by atoms with Gasteiger partial charge < -0.3 is 19.3 Å². The van der Waals surface area contributed by atoms with Crippen molar-refractivity contribution in [2.24, 2.45) is 5.92 Å². The fourth-order valence-corrected chi connectivity index (χ4v) is 3.69. The van der Waals surface area contributed by atoms with Crippen LogP contribution in [-0.4, -0.2) is 62.9 Å². The van der Waals surface area contributed by atoms with Crippen molar-refractivity contribution >= 4 is 11.9 Å². The van der Waals surface area contributed by atoms with Crippen LogP contribution >= 0.6 is 0 Å². The quantitative estimate of drug-likeness (QED) is 0.703. The van der Waals surface area contributed by atoms with Gasteiger partial charge in [-0.15, -0.1) is 0 Å². The van der Waals surface area contributed by atoms with Gasteiger partial charge in [-0.2, -0.15) is 0 Å². The number of carbonyl (C=O) groups excluding carboxylic acids is 2. The molecule has 0 saturated carbocycles. The van der Waals surface area contributed by atoms with Crippen molar-refractivity contribution in [1.29, 1.82) is 0 Å². The van der Waals surface area contributed by atoms with Crippen molar-refractivity contribution in [1.82, 2.24) is 14.5 Å². The molecule has 1 amide bonds. The molecule has 1 fully saturated rings. The smallest absolute Gasteiger partial charge is 0.410 e. The van der Waals surface area contributed by atoms with Crippen molar-refractivity contribution in [3.8, 4) is 11.3 Å². The number of aliphatic hydroxyl groups is 1. The number of amides is 1. The topological polar surface area (TPSA) is 84.7 Å². The van der Waals surface area contributed by atoms with Crippen LogP contribution in [0.2, 0.25) is 0 Å². The molecular formula is C23H29F2N3O4. The number of aliphatic hydroxyl groups excluding tert-OH is 1. The zero-order valence-corrected chi connectivity index (χ0v) is 18.8. The van der Waals surface area contributed by atoms with E-state index in [1.165, 1.54) is 15.5 Å². The molecule has 0 spiro atoms. The first-order chi connectivity index (χ1) is 15.0. The van der Waals surface area contributed by atoms with E-state index in [9.17, 15) is 23.5 Å². The van der Waals surface area contributed by atoms with Crippen LogP contribution in [0, 0.1) is 18.7 Å². The van der Waals surface area contributed by atoms with Gasteiger partial charge in [0.15, 0.2) is 5.82 Å². The summed E-state index contributed by atoms with van der Waals surface area (Å²) in [5.41, 5.74) is 0.794. The van der Waals surface area contributed by atoms with Gasteiger partial charge in [0.05, 0.1) is 24.8 Å². The van der Waals surface area contributed by atoms with Crippen molar-refractivity contribution in [3.05, 3.63) is 41.6 Å². The Hall–Kier alpha value is -2.81. The second-order valence-corrected chi connectivity index (χ2v) is 9.03. The molecule has 7 nitrogen and oxygen atoms in total. The Bertz CT molecular complexity index is 1000. The lowest BCUT2D eigenvalue weighted by atomic mass is 9.90. The Balaban J connectivity index is 1.80. The number of halogens is 2. The monoisotopic (exact) mass is 449 g/mol. The zero-order valence-electron chi connectivity index (χ0n) is 18.8. The first-order valence-corrected chi connectivity index (χ1v) is 10.6. The number of ketones is 1. The molecule has 0 unspecified atom stereocenters. The van der Waals surface area contributed by atoms with Crippen LogP contribution in [-0.2, 0) is 11.3 Å². The molecular weight excluding hydrogens is 420 g/mol. The summed E-state index contributed by atoms with van der Waals surface area (Å²) in [6.07, 6.45) is -0.448. The average Bonchev–Trinajstić information content (AvgIpc) is 3.12. The van der Waals surface area contributed by atoms with Crippen LogP contribution in [0.4, 0.5) is 13.6 Å². The summed E-state index contributed by atoms with van der Waals surface area (Å²) in [6, 6.07) is 4.49. The van der Waals surface area contributed by atoms with Gasteiger partial charge in [0.2, 0.25) is 5.78 Å². The fourth-order valence-electron chi connectivity index (χ4n) is 3.69. The van der Waals surface area contributed by atoms with E-state index in [0.29, 0.717) is 16.8 Å². The second kappa shape index (κ2) is 9.36. The van der Waals surface area contributed by atoms with E-state index < -0.39 is 29.6 Å². The molecule has 0 radical (unpaired) electrons. The highest BCUT2D eigenvalue weighted by atomic mass is 19.1. The number of ether oxygens (including phenoxy) is 1. The van der Waals surface area contributed by atoms with Gasteiger partial charge in [-0.3, -0.25) is 4.79 Å². The van der Waals surface area contributed by atoms with Crippen LogP contribution in [0.3, 0.4) is 0 Å². The highest BCUT2D eigenvalue weighted by Gasteiger charge is 2.39. The highest BCUT2D eigenvalue weighted by Crippen LogP contribution is 2.28. The van der Waals surface area contributed by atoms with Crippen molar-refractivity contribution in [3.63, 3.8) is 0 Å². The summed E-state index contributed by atoms with van der Waals surface area (Å²) in [5.74, 6) is -1.76. The van der Waals surface area contributed by atoms with Crippen LogP contribution in [0.1, 0.15) is 43.4 Å². The van der Waals surface area contributed by atoms with E-state index in [-0.39, 0.29) is 44.3 Å². The minimum Gasteiger partial charge on any atom is -0.444 e. The number of imidazole rings is 1. The zero-order chi connectivity index (χ0) is 23.6. The molecule has 1 aromatic carbocycles. The number of alkyl halides is 1. The third-order valence-corrected chi connectivity index (χ3v) is 5.32. The van der Waals surface area contributed by atoms with Gasteiger partial charge in [-0.25, -0.2) is 18.6 Å². The summed E-state index contributed by atoms with van der Waals surface area (Å²) in [7, 11) is 0. The number of hydrogen-bond donors (Lipinski definition) is 1. The number of rotatable bonds is 5. The number of likely N-dealkylation sites (tertiary alicyclic amines) is 1. The van der Waals surface area contributed by atoms with Gasteiger partial charge in [-0.1, -0.05) is 0 Å². The molecule has 1 N–H and O–H groups in total. The molecule has 32 heavy (non-hydrogen) atoms. The number of carbonyl (C=O) groups is 2. The second-order valence-electron chi connectivity index (χ2n) is 9.03. The summed E-state index contributed by atoms with van der Waals surface area (Å²) in [6.45, 7) is 6.66. The lowest BCUT2D eigenvalue weighted by Crippen LogP contribution is -2.48. The number of aryl methyl sites for hydroxylation is 1. The van der Waals surface area contributed by atoms with Crippen LogP contribution in [0.25, 0.3) is 11.3 Å². The number of aromatic nitrogens is 2. The van der Waals surface area contributed by atoms with Gasteiger partial charge in [0.25, 0.3) is 0 Å². The molecule has 3 rings (SSSR count). The van der Waals surface area contributed by atoms with E-state index >= 15 is 0 Å². The number of hydrogen-bond acceptors (Lipinski definition) is 5. The molecule has 2 aromatic rings. The molecule has 0 bridgehead atoms.